The smallest absolute Gasteiger partial charge is 0.347 e. The van der Waals surface area contributed by atoms with Crippen LogP contribution in [0.15, 0.2) is 45.0 Å². The highest BCUT2D eigenvalue weighted by molar-refractivity contribution is 6.32. The molecule has 0 amide bonds. The predicted molar refractivity (Wildman–Crippen MR) is 123 cm³/mol. The number of aromatic nitrogens is 3. The molecule has 2 heterocycles. The number of benzene rings is 1. The molecule has 1 aromatic heterocycles. The van der Waals surface area contributed by atoms with Gasteiger partial charge in [0, 0.05) is 18.9 Å². The lowest BCUT2D eigenvalue weighted by Crippen LogP contribution is -2.54. The van der Waals surface area contributed by atoms with Crippen LogP contribution in [-0.4, -0.2) is 37.7 Å². The van der Waals surface area contributed by atoms with Crippen LogP contribution in [0.3, 0.4) is 0 Å². The molecule has 1 fully saturated rings. The third-order valence-electron chi connectivity index (χ3n) is 7.73. The van der Waals surface area contributed by atoms with Gasteiger partial charge < -0.3 is 9.84 Å². The molecule has 0 saturated heterocycles. The van der Waals surface area contributed by atoms with E-state index < -0.39 is 34.7 Å². The zero-order chi connectivity index (χ0) is 24.7. The Morgan fingerprint density at radius 2 is 1.88 bits per heavy atom. The quantitative estimate of drug-likeness (QED) is 0.652. The van der Waals surface area contributed by atoms with Crippen molar-refractivity contribution < 1.29 is 19.4 Å². The fraction of sp³-hybridized carbons (Fsp3) is 0.417. The first-order valence-corrected chi connectivity index (χ1v) is 11.3. The molecule has 4 atom stereocenters. The zero-order valence-electron chi connectivity index (χ0n) is 19.2. The van der Waals surface area contributed by atoms with Crippen molar-refractivity contribution in [1.29, 1.82) is 0 Å². The van der Waals surface area contributed by atoms with E-state index in [2.05, 4.69) is 0 Å². The summed E-state index contributed by atoms with van der Waals surface area (Å²) in [6.45, 7) is 3.54. The van der Waals surface area contributed by atoms with Gasteiger partial charge in [0.25, 0.3) is 0 Å². The number of carbonyl (C=O) groups is 2. The molecule has 5 rings (SSSR count). The van der Waals surface area contributed by atoms with E-state index in [9.17, 15) is 24.3 Å². The summed E-state index contributed by atoms with van der Waals surface area (Å²) >= 11 is 6.31. The van der Waals surface area contributed by atoms with Crippen LogP contribution >= 0.6 is 11.6 Å². The molecular weight excluding hydrogens is 462 g/mol. The minimum Gasteiger partial charge on any atom is -0.503 e. The fourth-order valence-electron chi connectivity index (χ4n) is 5.95. The largest absolute Gasteiger partial charge is 0.503 e. The SMILES string of the molecule is COc1cc([C@H]2C3=CCn4c(=O)n(C)c(=O)n4[C@@H]3C[C@H]3C(=O)C(C)=CC(=O)[C@@]23C)cc(Cl)c1O. The zero-order valence-corrected chi connectivity index (χ0v) is 19.9. The highest BCUT2D eigenvalue weighted by atomic mass is 35.5. The summed E-state index contributed by atoms with van der Waals surface area (Å²) in [6, 6.07) is 2.57. The number of ketones is 2. The number of aromatic hydroxyl groups is 1. The lowest BCUT2D eigenvalue weighted by atomic mass is 9.51. The van der Waals surface area contributed by atoms with Gasteiger partial charge in [-0.1, -0.05) is 24.6 Å². The van der Waals surface area contributed by atoms with E-state index in [1.165, 1.54) is 29.6 Å². The van der Waals surface area contributed by atoms with Gasteiger partial charge in [-0.25, -0.2) is 23.5 Å². The maximum absolute atomic E-state index is 13.5. The molecule has 178 valence electrons. The van der Waals surface area contributed by atoms with Crippen molar-refractivity contribution in [2.45, 2.75) is 38.8 Å². The number of ether oxygens (including phenoxy) is 1. The van der Waals surface area contributed by atoms with Crippen LogP contribution in [0.25, 0.3) is 0 Å². The van der Waals surface area contributed by atoms with Crippen molar-refractivity contribution in [3.05, 3.63) is 67.0 Å². The minimum absolute atomic E-state index is 0.0446. The van der Waals surface area contributed by atoms with Gasteiger partial charge in [-0.2, -0.15) is 0 Å². The standard InChI is InChI=1S/C24H24ClN3O6/c1-11-7-18(29)24(2)14(20(11)30)10-16-13(5-6-27-22(32)26(3)23(33)28(16)27)19(24)12-8-15(25)21(31)17(9-12)34-4/h5,7-9,14,16,19,31H,6,10H2,1-4H3/t14-,16+,19-,24-/m0/s1. The molecule has 0 spiro atoms. The molecule has 0 bridgehead atoms. The van der Waals surface area contributed by atoms with Gasteiger partial charge in [-0.3, -0.25) is 9.59 Å². The summed E-state index contributed by atoms with van der Waals surface area (Å²) in [7, 11) is 2.81. The third-order valence-corrected chi connectivity index (χ3v) is 8.02. The highest BCUT2D eigenvalue weighted by Gasteiger charge is 2.59. The van der Waals surface area contributed by atoms with Gasteiger partial charge in [-0.05, 0) is 48.3 Å². The average molecular weight is 486 g/mol. The number of hydrogen-bond donors (Lipinski definition) is 1. The first-order valence-electron chi connectivity index (χ1n) is 10.9. The first kappa shape index (κ1) is 22.5. The predicted octanol–water partition coefficient (Wildman–Crippen LogP) is 2.11. The molecule has 0 unspecified atom stereocenters. The lowest BCUT2D eigenvalue weighted by molar-refractivity contribution is -0.139. The molecule has 1 N–H and O–H groups in total. The molecular formula is C24H24ClN3O6. The Bertz CT molecular complexity index is 1460. The van der Waals surface area contributed by atoms with Gasteiger partial charge >= 0.3 is 11.4 Å². The summed E-state index contributed by atoms with van der Waals surface area (Å²) in [4.78, 5) is 52.6. The topological polar surface area (TPSA) is 113 Å². The Kier molecular flexibility index (Phi) is 4.84. The van der Waals surface area contributed by atoms with Crippen LogP contribution in [0.2, 0.25) is 5.02 Å². The van der Waals surface area contributed by atoms with Gasteiger partial charge in [0.2, 0.25) is 0 Å². The monoisotopic (exact) mass is 485 g/mol. The highest BCUT2D eigenvalue weighted by Crippen LogP contribution is 2.60. The number of allylic oxidation sites excluding steroid dienone is 4. The fourth-order valence-corrected chi connectivity index (χ4v) is 6.17. The van der Waals surface area contributed by atoms with Crippen molar-refractivity contribution in [2.75, 3.05) is 7.11 Å². The maximum atomic E-state index is 13.5. The molecule has 0 radical (unpaired) electrons. The van der Waals surface area contributed by atoms with E-state index in [1.54, 1.807) is 26.0 Å². The van der Waals surface area contributed by atoms with Crippen molar-refractivity contribution in [2.24, 2.45) is 18.4 Å². The van der Waals surface area contributed by atoms with Gasteiger partial charge in [-0.15, -0.1) is 0 Å². The molecule has 10 heteroatoms. The van der Waals surface area contributed by atoms with Crippen LogP contribution < -0.4 is 16.1 Å². The normalized spacial score (nSPS) is 28.0. The van der Waals surface area contributed by atoms with Crippen LogP contribution in [-0.2, 0) is 23.2 Å². The van der Waals surface area contributed by atoms with E-state index >= 15 is 0 Å². The number of phenolic OH excluding ortho intramolecular Hbond substituents is 1. The summed E-state index contributed by atoms with van der Waals surface area (Å²) in [6.07, 6.45) is 3.45. The van der Waals surface area contributed by atoms with Crippen LogP contribution in [0.5, 0.6) is 11.5 Å². The van der Waals surface area contributed by atoms with Crippen molar-refractivity contribution in [3.8, 4) is 11.5 Å². The van der Waals surface area contributed by atoms with Crippen LogP contribution in [0.1, 0.15) is 37.8 Å². The number of rotatable bonds is 2. The number of phenols is 1. The Hall–Kier alpha value is -3.33. The second kappa shape index (κ2) is 7.33. The number of methoxy groups -OCH3 is 1. The Morgan fingerprint density at radius 1 is 1.18 bits per heavy atom. The Labute approximate surface area is 199 Å². The van der Waals surface area contributed by atoms with Crippen molar-refractivity contribution in [3.63, 3.8) is 0 Å². The van der Waals surface area contributed by atoms with Gasteiger partial charge in [0.1, 0.15) is 0 Å². The summed E-state index contributed by atoms with van der Waals surface area (Å²) < 4.78 is 9.10. The van der Waals surface area contributed by atoms with E-state index in [1.807, 2.05) is 6.08 Å². The average Bonchev–Trinajstić information content (AvgIpc) is 3.03. The van der Waals surface area contributed by atoms with Crippen molar-refractivity contribution in [1.82, 2.24) is 13.9 Å². The molecule has 3 aliphatic rings. The minimum atomic E-state index is -1.15. The Balaban J connectivity index is 1.81. The Morgan fingerprint density at radius 3 is 2.56 bits per heavy atom. The number of nitrogens with zero attached hydrogens (tertiary/aromatic N) is 3. The number of halogens is 1. The summed E-state index contributed by atoms with van der Waals surface area (Å²) in [5.41, 5.74) is -0.367. The molecule has 1 saturated carbocycles. The van der Waals surface area contributed by atoms with Crippen molar-refractivity contribution >= 4 is 23.2 Å². The van der Waals surface area contributed by atoms with E-state index in [0.29, 0.717) is 11.1 Å². The second-order valence-electron chi connectivity index (χ2n) is 9.38. The van der Waals surface area contributed by atoms with Crippen LogP contribution in [0, 0.1) is 11.3 Å². The third kappa shape index (κ3) is 2.73. The number of fused-ring (bicyclic) bond motifs is 4. The summed E-state index contributed by atoms with van der Waals surface area (Å²) in [5, 5.41) is 10.3. The molecule has 1 aromatic carbocycles. The van der Waals surface area contributed by atoms with E-state index in [4.69, 9.17) is 16.3 Å². The number of hydrogen-bond acceptors (Lipinski definition) is 6. The second-order valence-corrected chi connectivity index (χ2v) is 9.79. The molecule has 2 aromatic rings. The van der Waals surface area contributed by atoms with Gasteiger partial charge in [0.05, 0.1) is 30.1 Å². The van der Waals surface area contributed by atoms with E-state index in [-0.39, 0.29) is 41.1 Å². The van der Waals surface area contributed by atoms with Crippen LogP contribution in [0.4, 0.5) is 0 Å². The summed E-state index contributed by atoms with van der Waals surface area (Å²) in [5.74, 6) is -1.80. The molecule has 34 heavy (non-hydrogen) atoms. The van der Waals surface area contributed by atoms with E-state index in [0.717, 1.165) is 10.1 Å². The molecule has 2 aliphatic carbocycles. The number of Topliss-reactive ketones (excluding diaryl/α,β-unsaturated/α-hetero) is 1. The molecule has 9 nitrogen and oxygen atoms in total. The lowest BCUT2D eigenvalue weighted by Gasteiger charge is -2.52. The maximum Gasteiger partial charge on any atom is 0.347 e. The first-order chi connectivity index (χ1) is 16.0. The molecule has 1 aliphatic heterocycles. The van der Waals surface area contributed by atoms with Gasteiger partial charge in [0.15, 0.2) is 23.1 Å². The number of carbonyl (C=O) groups excluding carboxylic acids is 2.